The maximum atomic E-state index is 5.86. The molecule has 1 aliphatic heterocycles. The number of rotatable bonds is 7. The molecule has 2 nitrogen and oxygen atoms in total. The van der Waals surface area contributed by atoms with E-state index in [4.69, 9.17) is 4.74 Å². The van der Waals surface area contributed by atoms with E-state index >= 15 is 0 Å². The number of halogens is 1. The number of hydrogen-bond acceptors (Lipinski definition) is 2. The van der Waals surface area contributed by atoms with Crippen molar-refractivity contribution in [1.29, 1.82) is 0 Å². The molecule has 22 heavy (non-hydrogen) atoms. The average Bonchev–Trinajstić information content (AvgIpc) is 2.43. The molecule has 1 aromatic carbocycles. The van der Waals surface area contributed by atoms with E-state index in [2.05, 4.69) is 43.9 Å². The first-order chi connectivity index (χ1) is 10.1. The van der Waals surface area contributed by atoms with E-state index in [1.54, 1.807) is 0 Å². The van der Waals surface area contributed by atoms with Crippen molar-refractivity contribution in [3.8, 4) is 5.75 Å². The lowest BCUT2D eigenvalue weighted by Gasteiger charge is -2.30. The Morgan fingerprint density at radius 2 is 1.64 bits per heavy atom. The van der Waals surface area contributed by atoms with Gasteiger partial charge in [-0.05, 0) is 94.8 Å². The van der Waals surface area contributed by atoms with Crippen molar-refractivity contribution in [3.63, 3.8) is 0 Å². The number of piperidine rings is 1. The lowest BCUT2D eigenvalue weighted by molar-refractivity contribution is 0.187. The van der Waals surface area contributed by atoms with Crippen molar-refractivity contribution in [2.45, 2.75) is 52.9 Å². The summed E-state index contributed by atoms with van der Waals surface area (Å²) in [5.74, 6) is 1.96. The van der Waals surface area contributed by atoms with Gasteiger partial charge in [0.05, 0.1) is 6.61 Å². The van der Waals surface area contributed by atoms with Gasteiger partial charge in [0, 0.05) is 0 Å². The predicted molar refractivity (Wildman–Crippen MR) is 97.3 cm³/mol. The van der Waals surface area contributed by atoms with E-state index in [0.717, 1.165) is 24.7 Å². The van der Waals surface area contributed by atoms with Crippen LogP contribution >= 0.6 is 12.4 Å². The van der Waals surface area contributed by atoms with Gasteiger partial charge in [0.1, 0.15) is 5.75 Å². The van der Waals surface area contributed by atoms with E-state index in [1.807, 2.05) is 0 Å². The normalized spacial score (nSPS) is 16.3. The second-order valence-electron chi connectivity index (χ2n) is 6.76. The van der Waals surface area contributed by atoms with E-state index in [1.165, 1.54) is 56.4 Å². The molecule has 0 aliphatic carbocycles. The summed E-state index contributed by atoms with van der Waals surface area (Å²) in [6, 6.07) is 6.44. The molecule has 0 radical (unpaired) electrons. The zero-order chi connectivity index (χ0) is 15.1. The van der Waals surface area contributed by atoms with E-state index in [9.17, 15) is 0 Å². The maximum absolute atomic E-state index is 5.86. The van der Waals surface area contributed by atoms with Gasteiger partial charge in [-0.2, -0.15) is 0 Å². The van der Waals surface area contributed by atoms with Crippen LogP contribution in [-0.2, 0) is 0 Å². The monoisotopic (exact) mass is 325 g/mol. The Morgan fingerprint density at radius 1 is 1.00 bits per heavy atom. The number of nitrogens with zero attached hydrogens (tertiary/aromatic N) is 1. The van der Waals surface area contributed by atoms with Crippen LogP contribution in [0.4, 0.5) is 0 Å². The fourth-order valence-electron chi connectivity index (χ4n) is 3.11. The first-order valence-corrected chi connectivity index (χ1v) is 8.57. The lowest BCUT2D eigenvalue weighted by Crippen LogP contribution is -2.33. The standard InChI is InChI=1S/C19H31NO.ClH/c1-16-7-10-20(11-8-16)9-5-4-6-12-21-19-14-17(2)13-18(3)15-19;/h13-16H,4-12H2,1-3H3;1H. The smallest absolute Gasteiger partial charge is 0.119 e. The predicted octanol–water partition coefficient (Wildman–Crippen LogP) is 5.01. The number of unbranched alkanes of at least 4 members (excludes halogenated alkanes) is 2. The van der Waals surface area contributed by atoms with Gasteiger partial charge in [-0.25, -0.2) is 0 Å². The Hall–Kier alpha value is -0.730. The molecular weight excluding hydrogens is 294 g/mol. The quantitative estimate of drug-likeness (QED) is 0.654. The third kappa shape index (κ3) is 7.02. The van der Waals surface area contributed by atoms with Gasteiger partial charge < -0.3 is 9.64 Å². The molecule has 1 aromatic rings. The van der Waals surface area contributed by atoms with Crippen molar-refractivity contribution < 1.29 is 4.74 Å². The zero-order valence-electron chi connectivity index (χ0n) is 14.4. The second kappa shape index (κ2) is 10.1. The van der Waals surface area contributed by atoms with Crippen LogP contribution in [0, 0.1) is 19.8 Å². The van der Waals surface area contributed by atoms with Crippen LogP contribution in [0.3, 0.4) is 0 Å². The highest BCUT2D eigenvalue weighted by Crippen LogP contribution is 2.18. The molecule has 0 bridgehead atoms. The summed E-state index contributed by atoms with van der Waals surface area (Å²) in [6.45, 7) is 11.4. The largest absolute Gasteiger partial charge is 0.494 e. The van der Waals surface area contributed by atoms with E-state index < -0.39 is 0 Å². The van der Waals surface area contributed by atoms with Crippen LogP contribution in [0.2, 0.25) is 0 Å². The Morgan fingerprint density at radius 3 is 2.27 bits per heavy atom. The summed E-state index contributed by atoms with van der Waals surface area (Å²) >= 11 is 0. The van der Waals surface area contributed by atoms with Crippen LogP contribution in [-0.4, -0.2) is 31.1 Å². The number of aryl methyl sites for hydroxylation is 2. The Kier molecular flexibility index (Phi) is 8.89. The highest BCUT2D eigenvalue weighted by atomic mass is 35.5. The fourth-order valence-corrected chi connectivity index (χ4v) is 3.11. The summed E-state index contributed by atoms with van der Waals surface area (Å²) in [5, 5.41) is 0. The third-order valence-corrected chi connectivity index (χ3v) is 4.46. The highest BCUT2D eigenvalue weighted by molar-refractivity contribution is 5.85. The summed E-state index contributed by atoms with van der Waals surface area (Å²) in [7, 11) is 0. The van der Waals surface area contributed by atoms with Gasteiger partial charge in [-0.1, -0.05) is 13.0 Å². The van der Waals surface area contributed by atoms with Crippen LogP contribution in [0.1, 0.15) is 50.2 Å². The lowest BCUT2D eigenvalue weighted by atomic mass is 9.99. The summed E-state index contributed by atoms with van der Waals surface area (Å²) in [5.41, 5.74) is 2.56. The van der Waals surface area contributed by atoms with Crippen molar-refractivity contribution >= 4 is 12.4 Å². The minimum Gasteiger partial charge on any atom is -0.494 e. The number of ether oxygens (including phenoxy) is 1. The van der Waals surface area contributed by atoms with Gasteiger partial charge in [0.2, 0.25) is 0 Å². The van der Waals surface area contributed by atoms with Gasteiger partial charge in [-0.3, -0.25) is 0 Å². The van der Waals surface area contributed by atoms with Gasteiger partial charge in [0.25, 0.3) is 0 Å². The second-order valence-corrected chi connectivity index (χ2v) is 6.76. The highest BCUT2D eigenvalue weighted by Gasteiger charge is 2.14. The SMILES string of the molecule is Cc1cc(C)cc(OCCCCCN2CCC(C)CC2)c1.Cl. The molecule has 1 aliphatic rings. The van der Waals surface area contributed by atoms with Crippen molar-refractivity contribution in [2.24, 2.45) is 5.92 Å². The summed E-state index contributed by atoms with van der Waals surface area (Å²) in [4.78, 5) is 2.63. The number of hydrogen-bond donors (Lipinski definition) is 0. The Labute approximate surface area is 142 Å². The Balaban J connectivity index is 0.00000242. The van der Waals surface area contributed by atoms with Crippen LogP contribution < -0.4 is 4.74 Å². The average molecular weight is 326 g/mol. The molecule has 0 saturated carbocycles. The molecular formula is C19H32ClNO. The molecule has 1 saturated heterocycles. The first-order valence-electron chi connectivity index (χ1n) is 8.57. The molecule has 3 heteroatoms. The fraction of sp³-hybridized carbons (Fsp3) is 0.684. The maximum Gasteiger partial charge on any atom is 0.119 e. The molecule has 2 rings (SSSR count). The van der Waals surface area contributed by atoms with Gasteiger partial charge >= 0.3 is 0 Å². The molecule has 0 spiro atoms. The number of likely N-dealkylation sites (tertiary alicyclic amines) is 1. The molecule has 0 amide bonds. The van der Waals surface area contributed by atoms with Gasteiger partial charge in [-0.15, -0.1) is 12.4 Å². The molecule has 0 N–H and O–H groups in total. The molecule has 0 unspecified atom stereocenters. The third-order valence-electron chi connectivity index (χ3n) is 4.46. The minimum absolute atomic E-state index is 0. The first kappa shape index (κ1) is 19.3. The van der Waals surface area contributed by atoms with Gasteiger partial charge in [0.15, 0.2) is 0 Å². The molecule has 0 atom stereocenters. The molecule has 126 valence electrons. The van der Waals surface area contributed by atoms with Crippen molar-refractivity contribution in [3.05, 3.63) is 29.3 Å². The minimum atomic E-state index is 0. The topological polar surface area (TPSA) is 12.5 Å². The van der Waals surface area contributed by atoms with Crippen molar-refractivity contribution in [1.82, 2.24) is 4.90 Å². The summed E-state index contributed by atoms with van der Waals surface area (Å²) in [6.07, 6.45) is 6.52. The number of benzene rings is 1. The van der Waals surface area contributed by atoms with Crippen LogP contribution in [0.5, 0.6) is 5.75 Å². The van der Waals surface area contributed by atoms with E-state index in [0.29, 0.717) is 0 Å². The van der Waals surface area contributed by atoms with Crippen LogP contribution in [0.15, 0.2) is 18.2 Å². The molecule has 1 heterocycles. The molecule has 0 aromatic heterocycles. The Bertz CT molecular complexity index is 407. The molecule has 1 fully saturated rings. The van der Waals surface area contributed by atoms with E-state index in [-0.39, 0.29) is 12.4 Å². The van der Waals surface area contributed by atoms with Crippen LogP contribution in [0.25, 0.3) is 0 Å². The zero-order valence-corrected chi connectivity index (χ0v) is 15.3. The summed E-state index contributed by atoms with van der Waals surface area (Å²) < 4.78 is 5.86. The van der Waals surface area contributed by atoms with Crippen molar-refractivity contribution in [2.75, 3.05) is 26.2 Å².